The zero-order valence-corrected chi connectivity index (χ0v) is 12.4. The van der Waals surface area contributed by atoms with E-state index in [1.54, 1.807) is 6.07 Å². The summed E-state index contributed by atoms with van der Waals surface area (Å²) in [5.41, 5.74) is 1.14. The highest BCUT2D eigenvalue weighted by Crippen LogP contribution is 2.24. The van der Waals surface area contributed by atoms with Gasteiger partial charge in [-0.25, -0.2) is 4.39 Å². The Morgan fingerprint density at radius 1 is 1.05 bits per heavy atom. The van der Waals surface area contributed by atoms with Crippen molar-refractivity contribution in [3.8, 4) is 0 Å². The van der Waals surface area contributed by atoms with E-state index in [0.29, 0.717) is 4.99 Å². The normalized spacial score (nSPS) is 15.5. The van der Waals surface area contributed by atoms with Crippen molar-refractivity contribution in [2.75, 3.05) is 37.7 Å². The number of aliphatic hydroxyl groups is 1. The van der Waals surface area contributed by atoms with Crippen LogP contribution in [0.1, 0.15) is 0 Å². The molecule has 1 saturated heterocycles. The lowest BCUT2D eigenvalue weighted by Crippen LogP contribution is -2.49. The molecule has 1 aliphatic heterocycles. The topological polar surface area (TPSA) is 26.7 Å². The molecule has 0 aromatic heterocycles. The van der Waals surface area contributed by atoms with Gasteiger partial charge in [0.05, 0.1) is 6.61 Å². The Hall–Kier alpha value is -1.72. The predicted molar refractivity (Wildman–Crippen MR) is 87.4 cm³/mol. The number of rotatable bonds is 2. The molecule has 3 nitrogen and oxygen atoms in total. The van der Waals surface area contributed by atoms with Gasteiger partial charge in [0, 0.05) is 31.9 Å². The molecular weight excluding hydrogens is 287 g/mol. The molecule has 0 spiro atoms. The van der Waals surface area contributed by atoms with Crippen LogP contribution in [0.15, 0.2) is 36.4 Å². The first kappa shape index (κ1) is 14.2. The van der Waals surface area contributed by atoms with E-state index in [2.05, 4.69) is 11.0 Å². The summed E-state index contributed by atoms with van der Waals surface area (Å²) >= 11 is 5.13. The first-order chi connectivity index (χ1) is 10.2. The minimum Gasteiger partial charge on any atom is -0.389 e. The van der Waals surface area contributed by atoms with Crippen molar-refractivity contribution in [3.63, 3.8) is 0 Å². The second kappa shape index (κ2) is 5.95. The molecule has 0 amide bonds. The lowest BCUT2D eigenvalue weighted by Gasteiger charge is -2.37. The molecule has 0 unspecified atom stereocenters. The van der Waals surface area contributed by atoms with Gasteiger partial charge in [0.15, 0.2) is 0 Å². The standard InChI is InChI=1S/C16H17FN2OS/c17-14-3-1-13-10-15(4-2-12(13)9-14)18-5-7-19(8-6-18)16(21)11-20/h1-4,9-10,20H,5-8,11H2. The van der Waals surface area contributed by atoms with Crippen LogP contribution in [0.3, 0.4) is 0 Å². The molecule has 2 aromatic rings. The average molecular weight is 304 g/mol. The minimum atomic E-state index is -0.207. The Balaban J connectivity index is 1.76. The third kappa shape index (κ3) is 2.99. The molecule has 0 atom stereocenters. The van der Waals surface area contributed by atoms with Crippen LogP contribution in [0.2, 0.25) is 0 Å². The van der Waals surface area contributed by atoms with E-state index in [9.17, 15) is 4.39 Å². The monoisotopic (exact) mass is 304 g/mol. The summed E-state index contributed by atoms with van der Waals surface area (Å²) in [6, 6.07) is 10.9. The number of hydrogen-bond donors (Lipinski definition) is 1. The van der Waals surface area contributed by atoms with Crippen LogP contribution in [0.25, 0.3) is 10.8 Å². The van der Waals surface area contributed by atoms with Gasteiger partial charge < -0.3 is 14.9 Å². The van der Waals surface area contributed by atoms with Crippen molar-refractivity contribution in [1.82, 2.24) is 4.90 Å². The van der Waals surface area contributed by atoms with Gasteiger partial charge in [0.1, 0.15) is 10.8 Å². The van der Waals surface area contributed by atoms with Crippen molar-refractivity contribution in [2.45, 2.75) is 0 Å². The minimum absolute atomic E-state index is 0.0587. The molecule has 1 heterocycles. The maximum absolute atomic E-state index is 13.2. The summed E-state index contributed by atoms with van der Waals surface area (Å²) in [6.07, 6.45) is 0. The number of anilines is 1. The second-order valence-corrected chi connectivity index (χ2v) is 5.67. The van der Waals surface area contributed by atoms with Gasteiger partial charge in [-0.2, -0.15) is 0 Å². The van der Waals surface area contributed by atoms with Crippen LogP contribution in [-0.4, -0.2) is 47.8 Å². The molecule has 5 heteroatoms. The lowest BCUT2D eigenvalue weighted by atomic mass is 10.1. The number of fused-ring (bicyclic) bond motifs is 1. The average Bonchev–Trinajstić information content (AvgIpc) is 2.53. The quantitative estimate of drug-likeness (QED) is 0.862. The number of benzene rings is 2. The summed E-state index contributed by atoms with van der Waals surface area (Å²) < 4.78 is 13.2. The molecule has 0 saturated carbocycles. The Morgan fingerprint density at radius 3 is 2.43 bits per heavy atom. The Bertz CT molecular complexity index is 668. The molecule has 0 radical (unpaired) electrons. The summed E-state index contributed by atoms with van der Waals surface area (Å²) in [4.78, 5) is 4.95. The second-order valence-electron chi connectivity index (χ2n) is 5.20. The van der Waals surface area contributed by atoms with E-state index < -0.39 is 0 Å². The zero-order chi connectivity index (χ0) is 14.8. The van der Waals surface area contributed by atoms with Gasteiger partial charge in [-0.3, -0.25) is 0 Å². The molecule has 0 bridgehead atoms. The van der Waals surface area contributed by atoms with Gasteiger partial charge in [-0.05, 0) is 35.0 Å². The highest BCUT2D eigenvalue weighted by Gasteiger charge is 2.18. The van der Waals surface area contributed by atoms with Gasteiger partial charge in [0.2, 0.25) is 0 Å². The Kier molecular flexibility index (Phi) is 4.03. The number of hydrogen-bond acceptors (Lipinski definition) is 3. The number of halogens is 1. The molecule has 0 aliphatic carbocycles. The fraction of sp³-hybridized carbons (Fsp3) is 0.312. The molecule has 2 aromatic carbocycles. The summed E-state index contributed by atoms with van der Waals surface area (Å²) in [6.45, 7) is 3.32. The Labute approximate surface area is 128 Å². The van der Waals surface area contributed by atoms with E-state index in [0.717, 1.165) is 42.6 Å². The number of piperazine rings is 1. The first-order valence-electron chi connectivity index (χ1n) is 7.00. The first-order valence-corrected chi connectivity index (χ1v) is 7.41. The fourth-order valence-electron chi connectivity index (χ4n) is 2.71. The molecule has 1 aliphatic rings. The number of thiocarbonyl (C=S) groups is 1. The van der Waals surface area contributed by atoms with Gasteiger partial charge in [0.25, 0.3) is 0 Å². The largest absolute Gasteiger partial charge is 0.389 e. The van der Waals surface area contributed by atoms with E-state index in [1.165, 1.54) is 6.07 Å². The number of nitrogens with zero attached hydrogens (tertiary/aromatic N) is 2. The van der Waals surface area contributed by atoms with Crippen LogP contribution >= 0.6 is 12.2 Å². The van der Waals surface area contributed by atoms with E-state index in [1.807, 2.05) is 23.1 Å². The summed E-state index contributed by atoms with van der Waals surface area (Å²) in [5, 5.41) is 11.0. The van der Waals surface area contributed by atoms with Crippen LogP contribution in [0.5, 0.6) is 0 Å². The highest BCUT2D eigenvalue weighted by molar-refractivity contribution is 7.80. The van der Waals surface area contributed by atoms with Gasteiger partial charge in [-0.15, -0.1) is 0 Å². The van der Waals surface area contributed by atoms with Crippen molar-refractivity contribution < 1.29 is 9.50 Å². The van der Waals surface area contributed by atoms with Gasteiger partial charge >= 0.3 is 0 Å². The van der Waals surface area contributed by atoms with Gasteiger partial charge in [-0.1, -0.05) is 24.4 Å². The molecule has 1 N–H and O–H groups in total. The third-order valence-corrected chi connectivity index (χ3v) is 4.31. The molecule has 110 valence electrons. The summed E-state index contributed by atoms with van der Waals surface area (Å²) in [7, 11) is 0. The van der Waals surface area contributed by atoms with Crippen molar-refractivity contribution in [1.29, 1.82) is 0 Å². The van der Waals surface area contributed by atoms with E-state index in [4.69, 9.17) is 17.3 Å². The molecular formula is C16H17FN2OS. The lowest BCUT2D eigenvalue weighted by molar-refractivity contribution is 0.316. The van der Waals surface area contributed by atoms with Crippen molar-refractivity contribution in [3.05, 3.63) is 42.2 Å². The smallest absolute Gasteiger partial charge is 0.123 e. The van der Waals surface area contributed by atoms with Crippen LogP contribution in [0.4, 0.5) is 10.1 Å². The zero-order valence-electron chi connectivity index (χ0n) is 11.6. The summed E-state index contributed by atoms with van der Waals surface area (Å²) in [5.74, 6) is -0.207. The predicted octanol–water partition coefficient (Wildman–Crippen LogP) is 2.42. The third-order valence-electron chi connectivity index (χ3n) is 3.92. The van der Waals surface area contributed by atoms with Crippen LogP contribution in [-0.2, 0) is 0 Å². The molecule has 3 rings (SSSR count). The van der Waals surface area contributed by atoms with Crippen LogP contribution in [0, 0.1) is 5.82 Å². The molecule has 21 heavy (non-hydrogen) atoms. The van der Waals surface area contributed by atoms with E-state index >= 15 is 0 Å². The maximum Gasteiger partial charge on any atom is 0.123 e. The van der Waals surface area contributed by atoms with E-state index in [-0.39, 0.29) is 12.4 Å². The SMILES string of the molecule is OCC(=S)N1CCN(c2ccc3cc(F)ccc3c2)CC1. The van der Waals surface area contributed by atoms with Crippen LogP contribution < -0.4 is 4.90 Å². The fourth-order valence-corrected chi connectivity index (χ4v) is 2.90. The highest BCUT2D eigenvalue weighted by atomic mass is 32.1. The molecule has 1 fully saturated rings. The van der Waals surface area contributed by atoms with Crippen molar-refractivity contribution >= 4 is 33.7 Å². The number of aliphatic hydroxyl groups excluding tert-OH is 1. The van der Waals surface area contributed by atoms with Crippen molar-refractivity contribution in [2.24, 2.45) is 0 Å². The maximum atomic E-state index is 13.2. The Morgan fingerprint density at radius 2 is 1.71 bits per heavy atom.